The first-order valence-corrected chi connectivity index (χ1v) is 10.7. The molecule has 0 fully saturated rings. The smallest absolute Gasteiger partial charge is 0.126 e. The zero-order valence-electron chi connectivity index (χ0n) is 17.4. The summed E-state index contributed by atoms with van der Waals surface area (Å²) in [5, 5.41) is 0. The Morgan fingerprint density at radius 3 is 1.45 bits per heavy atom. The molecule has 3 aromatic rings. The van der Waals surface area contributed by atoms with Crippen molar-refractivity contribution >= 4 is 0 Å². The third-order valence-electron chi connectivity index (χ3n) is 5.88. The highest BCUT2D eigenvalue weighted by Gasteiger charge is 2.41. The fraction of sp³-hybridized carbons (Fsp3) is 0.333. The van der Waals surface area contributed by atoms with Crippen LogP contribution in [0.25, 0.3) is 11.1 Å². The van der Waals surface area contributed by atoms with Crippen LogP contribution in [0.4, 0.5) is 8.78 Å². The van der Waals surface area contributed by atoms with Crippen molar-refractivity contribution in [3.63, 3.8) is 0 Å². The number of rotatable bonds is 6. The van der Waals surface area contributed by atoms with Gasteiger partial charge in [-0.25, -0.2) is 8.78 Å². The van der Waals surface area contributed by atoms with Gasteiger partial charge in [-0.3, -0.25) is 0 Å². The van der Waals surface area contributed by atoms with Gasteiger partial charge in [0.2, 0.25) is 0 Å². The Morgan fingerprint density at radius 2 is 1.07 bits per heavy atom. The van der Waals surface area contributed by atoms with Crippen molar-refractivity contribution in [2.24, 2.45) is 0 Å². The van der Waals surface area contributed by atoms with Gasteiger partial charge in [0.1, 0.15) is 11.6 Å². The molecule has 0 aromatic heterocycles. The molecule has 0 amide bonds. The van der Waals surface area contributed by atoms with Crippen molar-refractivity contribution in [2.75, 3.05) is 0 Å². The lowest BCUT2D eigenvalue weighted by Crippen LogP contribution is -2.25. The van der Waals surface area contributed by atoms with E-state index in [-0.39, 0.29) is 5.41 Å². The van der Waals surface area contributed by atoms with Crippen LogP contribution in [0.3, 0.4) is 0 Å². The first kappa shape index (κ1) is 21.2. The summed E-state index contributed by atoms with van der Waals surface area (Å²) in [5.41, 5.74) is 6.36. The molecule has 152 valence electrons. The Morgan fingerprint density at radius 1 is 0.621 bits per heavy atom. The van der Waals surface area contributed by atoms with Crippen molar-refractivity contribution in [1.29, 1.82) is 0 Å². The van der Waals surface area contributed by atoms with Gasteiger partial charge < -0.3 is 0 Å². The van der Waals surface area contributed by atoms with E-state index >= 15 is 0 Å². The van der Waals surface area contributed by atoms with E-state index in [0.29, 0.717) is 0 Å². The van der Waals surface area contributed by atoms with Gasteiger partial charge in [0, 0.05) is 11.5 Å². The van der Waals surface area contributed by atoms with Crippen LogP contribution in [-0.4, -0.2) is 0 Å². The first-order chi connectivity index (χ1) is 14.1. The highest BCUT2D eigenvalue weighted by molar-refractivity contribution is 5.80. The topological polar surface area (TPSA) is 0 Å². The summed E-state index contributed by atoms with van der Waals surface area (Å²) in [7, 11) is 0. The maximum Gasteiger partial charge on any atom is 0.126 e. The normalized spacial score (nSPS) is 13.2. The molecule has 0 spiro atoms. The van der Waals surface area contributed by atoms with E-state index < -0.39 is 11.6 Å². The largest absolute Gasteiger partial charge is 0.207 e. The van der Waals surface area contributed by atoms with E-state index in [1.54, 1.807) is 11.1 Å². The molecule has 1 aliphatic carbocycles. The summed E-state index contributed by atoms with van der Waals surface area (Å²) in [6.45, 7) is 4.61. The summed E-state index contributed by atoms with van der Waals surface area (Å²) in [6, 6.07) is 22.7. The summed E-state index contributed by atoms with van der Waals surface area (Å²) in [6.07, 6.45) is 7.75. The van der Waals surface area contributed by atoms with Gasteiger partial charge >= 0.3 is 0 Å². The van der Waals surface area contributed by atoms with Crippen LogP contribution in [0.2, 0.25) is 0 Å². The Labute approximate surface area is 173 Å². The van der Waals surface area contributed by atoms with Crippen LogP contribution in [0.1, 0.15) is 63.5 Å². The van der Waals surface area contributed by atoms with Gasteiger partial charge in [0.05, 0.1) is 0 Å². The lowest BCUT2D eigenvalue weighted by atomic mass is 9.71. The Bertz CT molecular complexity index is 856. The van der Waals surface area contributed by atoms with E-state index in [0.717, 1.165) is 6.07 Å². The van der Waals surface area contributed by atoms with Gasteiger partial charge in [-0.2, -0.15) is 0 Å². The van der Waals surface area contributed by atoms with Crippen LogP contribution < -0.4 is 0 Å². The minimum absolute atomic E-state index is 0.263. The fourth-order valence-corrected chi connectivity index (χ4v) is 4.50. The molecule has 1 aliphatic rings. The van der Waals surface area contributed by atoms with Crippen molar-refractivity contribution in [2.45, 2.75) is 57.8 Å². The molecule has 0 aliphatic heterocycles. The zero-order chi connectivity index (χ0) is 20.7. The minimum Gasteiger partial charge on any atom is -0.207 e. The van der Waals surface area contributed by atoms with Gasteiger partial charge in [-0.1, -0.05) is 94.1 Å². The van der Waals surface area contributed by atoms with E-state index in [1.807, 2.05) is 0 Å². The minimum atomic E-state index is -0.537. The van der Waals surface area contributed by atoms with Crippen LogP contribution in [0, 0.1) is 11.6 Å². The maximum absolute atomic E-state index is 11.9. The Hall–Kier alpha value is -2.48. The maximum atomic E-state index is 11.9. The molecule has 0 nitrogen and oxygen atoms in total. The van der Waals surface area contributed by atoms with E-state index in [9.17, 15) is 8.78 Å². The Kier molecular flexibility index (Phi) is 7.19. The van der Waals surface area contributed by atoms with Crippen LogP contribution in [-0.2, 0) is 5.41 Å². The molecular formula is C27H30F2. The van der Waals surface area contributed by atoms with E-state index in [2.05, 4.69) is 62.4 Å². The third kappa shape index (κ3) is 4.58. The van der Waals surface area contributed by atoms with Crippen LogP contribution in [0.15, 0.2) is 72.8 Å². The Balaban J connectivity index is 0.000000252. The van der Waals surface area contributed by atoms with Crippen molar-refractivity contribution in [3.8, 4) is 11.1 Å². The molecule has 4 rings (SSSR count). The highest BCUT2D eigenvalue weighted by Crippen LogP contribution is 2.53. The number of fused-ring (bicyclic) bond motifs is 3. The quantitative estimate of drug-likeness (QED) is 0.396. The average molecular weight is 393 g/mol. The van der Waals surface area contributed by atoms with Gasteiger partial charge in [-0.05, 0) is 47.2 Å². The van der Waals surface area contributed by atoms with Crippen LogP contribution >= 0.6 is 0 Å². The predicted octanol–water partition coefficient (Wildman–Crippen LogP) is 8.30. The van der Waals surface area contributed by atoms with Gasteiger partial charge in [0.15, 0.2) is 0 Å². The number of hydrogen-bond donors (Lipinski definition) is 0. The first-order valence-electron chi connectivity index (χ1n) is 10.7. The molecule has 0 saturated heterocycles. The lowest BCUT2D eigenvalue weighted by Gasteiger charge is -2.32. The molecule has 0 radical (unpaired) electrons. The number of hydrogen-bond acceptors (Lipinski definition) is 0. The van der Waals surface area contributed by atoms with Crippen LogP contribution in [0.5, 0.6) is 0 Å². The molecule has 0 heterocycles. The second kappa shape index (κ2) is 9.82. The molecule has 3 aromatic carbocycles. The monoisotopic (exact) mass is 392 g/mol. The number of halogens is 2. The summed E-state index contributed by atoms with van der Waals surface area (Å²) >= 11 is 0. The molecule has 0 bridgehead atoms. The van der Waals surface area contributed by atoms with Gasteiger partial charge in [0.25, 0.3) is 0 Å². The number of unbranched alkanes of at least 4 members (excludes halogenated alkanes) is 2. The summed E-state index contributed by atoms with van der Waals surface area (Å²) in [5.74, 6) is -1.07. The van der Waals surface area contributed by atoms with E-state index in [1.165, 1.54) is 67.9 Å². The molecular weight excluding hydrogens is 362 g/mol. The predicted molar refractivity (Wildman–Crippen MR) is 118 cm³/mol. The molecule has 2 heteroatoms. The number of benzene rings is 3. The van der Waals surface area contributed by atoms with Crippen molar-refractivity contribution < 1.29 is 8.78 Å². The molecule has 0 N–H and O–H groups in total. The molecule has 0 atom stereocenters. The molecule has 29 heavy (non-hydrogen) atoms. The summed E-state index contributed by atoms with van der Waals surface area (Å²) in [4.78, 5) is 0. The second-order valence-electron chi connectivity index (χ2n) is 7.82. The SMILES string of the molecule is CCCCC1(CCCC)c2ccccc2-c2ccccc21.Fc1cccc(F)c1. The summed E-state index contributed by atoms with van der Waals surface area (Å²) < 4.78 is 23.9. The average Bonchev–Trinajstić information content (AvgIpc) is 3.02. The molecule has 0 saturated carbocycles. The van der Waals surface area contributed by atoms with Crippen molar-refractivity contribution in [3.05, 3.63) is 95.6 Å². The third-order valence-corrected chi connectivity index (χ3v) is 5.88. The second-order valence-corrected chi connectivity index (χ2v) is 7.82. The molecule has 0 unspecified atom stereocenters. The highest BCUT2D eigenvalue weighted by atomic mass is 19.1. The standard InChI is InChI=1S/C21H26.C6H4F2/c1-3-5-15-21(16-6-4-2)19-13-9-7-11-17(19)18-12-8-10-14-20(18)21;7-5-2-1-3-6(8)4-5/h7-14H,3-6,15-16H2,1-2H3;1-4H. The van der Waals surface area contributed by atoms with Crippen molar-refractivity contribution in [1.82, 2.24) is 0 Å². The van der Waals surface area contributed by atoms with E-state index in [4.69, 9.17) is 0 Å². The zero-order valence-corrected chi connectivity index (χ0v) is 17.4. The lowest BCUT2D eigenvalue weighted by molar-refractivity contribution is 0.414. The fourth-order valence-electron chi connectivity index (χ4n) is 4.50. The van der Waals surface area contributed by atoms with Gasteiger partial charge in [-0.15, -0.1) is 0 Å².